The van der Waals surface area contributed by atoms with Gasteiger partial charge in [0.05, 0.1) is 13.2 Å². The van der Waals surface area contributed by atoms with Gasteiger partial charge in [-0.1, -0.05) is 17.7 Å². The number of hydrogen-bond donors (Lipinski definition) is 1. The van der Waals surface area contributed by atoms with Crippen LogP contribution in [-0.4, -0.2) is 44.2 Å². The standard InChI is InChI=1S/C15H21ClN2O2/c1-20-11-12-4-3-7-18(9-12)10-15(19)17-14-6-2-5-13(16)8-14/h2,5-6,8,12H,3-4,7,9-11H2,1H3,(H,17,19)/t12-/m0/s1. The molecule has 1 heterocycles. The van der Waals surface area contributed by atoms with E-state index in [0.717, 1.165) is 31.8 Å². The van der Waals surface area contributed by atoms with Crippen molar-refractivity contribution in [3.05, 3.63) is 29.3 Å². The van der Waals surface area contributed by atoms with Gasteiger partial charge in [-0.25, -0.2) is 0 Å². The number of benzene rings is 1. The third-order valence-corrected chi connectivity index (χ3v) is 3.72. The molecule has 5 heteroatoms. The van der Waals surface area contributed by atoms with E-state index < -0.39 is 0 Å². The number of methoxy groups -OCH3 is 1. The molecule has 1 aliphatic heterocycles. The Bertz CT molecular complexity index is 451. The molecule has 1 amide bonds. The van der Waals surface area contributed by atoms with E-state index in [4.69, 9.17) is 16.3 Å². The minimum atomic E-state index is 0.00494. The lowest BCUT2D eigenvalue weighted by molar-refractivity contribution is -0.117. The van der Waals surface area contributed by atoms with Crippen LogP contribution in [0.3, 0.4) is 0 Å². The number of carbonyl (C=O) groups is 1. The molecule has 0 radical (unpaired) electrons. The van der Waals surface area contributed by atoms with Gasteiger partial charge in [-0.2, -0.15) is 0 Å². The normalized spacial score (nSPS) is 19.8. The summed E-state index contributed by atoms with van der Waals surface area (Å²) in [5.41, 5.74) is 0.743. The number of hydrogen-bond acceptors (Lipinski definition) is 3. The summed E-state index contributed by atoms with van der Waals surface area (Å²) in [6.45, 7) is 3.10. The average Bonchev–Trinajstić information content (AvgIpc) is 2.39. The zero-order valence-corrected chi connectivity index (χ0v) is 12.5. The molecule has 0 spiro atoms. The molecule has 1 saturated heterocycles. The molecule has 1 N–H and O–H groups in total. The Morgan fingerprint density at radius 3 is 3.15 bits per heavy atom. The highest BCUT2D eigenvalue weighted by molar-refractivity contribution is 6.30. The van der Waals surface area contributed by atoms with Gasteiger partial charge >= 0.3 is 0 Å². The van der Waals surface area contributed by atoms with Gasteiger partial charge in [-0.05, 0) is 43.5 Å². The maximum atomic E-state index is 12.0. The van der Waals surface area contributed by atoms with Crippen LogP contribution in [0.2, 0.25) is 5.02 Å². The Hall–Kier alpha value is -1.10. The molecule has 2 rings (SSSR count). The van der Waals surface area contributed by atoms with Gasteiger partial charge < -0.3 is 10.1 Å². The summed E-state index contributed by atoms with van der Waals surface area (Å²) in [4.78, 5) is 14.2. The van der Waals surface area contributed by atoms with E-state index in [1.54, 1.807) is 19.2 Å². The minimum absolute atomic E-state index is 0.00494. The lowest BCUT2D eigenvalue weighted by atomic mass is 9.99. The molecule has 4 nitrogen and oxygen atoms in total. The van der Waals surface area contributed by atoms with Crippen molar-refractivity contribution in [1.29, 1.82) is 0 Å². The van der Waals surface area contributed by atoms with Gasteiger partial charge in [0.15, 0.2) is 0 Å². The van der Waals surface area contributed by atoms with Gasteiger partial charge in [0.25, 0.3) is 0 Å². The summed E-state index contributed by atoms with van der Waals surface area (Å²) in [5.74, 6) is 0.540. The number of amides is 1. The number of rotatable bonds is 5. The molecule has 0 aromatic heterocycles. The molecule has 0 bridgehead atoms. The molecular weight excluding hydrogens is 276 g/mol. The minimum Gasteiger partial charge on any atom is -0.384 e. The second-order valence-corrected chi connectivity index (χ2v) is 5.69. The Labute approximate surface area is 125 Å². The zero-order valence-electron chi connectivity index (χ0n) is 11.8. The number of halogens is 1. The van der Waals surface area contributed by atoms with Gasteiger partial charge in [0, 0.05) is 24.4 Å². The molecule has 110 valence electrons. The number of ether oxygens (including phenoxy) is 1. The van der Waals surface area contributed by atoms with E-state index in [1.807, 2.05) is 12.1 Å². The SMILES string of the molecule is COC[C@H]1CCCN(CC(=O)Nc2cccc(Cl)c2)C1. The Morgan fingerprint density at radius 2 is 2.40 bits per heavy atom. The molecule has 1 aromatic carbocycles. The predicted molar refractivity (Wildman–Crippen MR) is 81.1 cm³/mol. The summed E-state index contributed by atoms with van der Waals surface area (Å²) in [5, 5.41) is 3.51. The van der Waals surface area contributed by atoms with Crippen molar-refractivity contribution >= 4 is 23.2 Å². The van der Waals surface area contributed by atoms with Crippen LogP contribution >= 0.6 is 11.6 Å². The molecule has 1 aliphatic rings. The van der Waals surface area contributed by atoms with Gasteiger partial charge in [0.1, 0.15) is 0 Å². The number of likely N-dealkylation sites (tertiary alicyclic amines) is 1. The maximum Gasteiger partial charge on any atom is 0.238 e. The van der Waals surface area contributed by atoms with E-state index in [1.165, 1.54) is 6.42 Å². The van der Waals surface area contributed by atoms with Crippen molar-refractivity contribution in [2.45, 2.75) is 12.8 Å². The largest absolute Gasteiger partial charge is 0.384 e. The lowest BCUT2D eigenvalue weighted by Crippen LogP contribution is -2.41. The smallest absolute Gasteiger partial charge is 0.238 e. The van der Waals surface area contributed by atoms with Crippen LogP contribution in [0.5, 0.6) is 0 Å². The van der Waals surface area contributed by atoms with Crippen molar-refractivity contribution in [3.8, 4) is 0 Å². The second kappa shape index (κ2) is 7.62. The molecule has 1 aromatic rings. The van der Waals surface area contributed by atoms with Crippen LogP contribution in [0.25, 0.3) is 0 Å². The zero-order chi connectivity index (χ0) is 14.4. The highest BCUT2D eigenvalue weighted by Gasteiger charge is 2.21. The fourth-order valence-electron chi connectivity index (χ4n) is 2.64. The van der Waals surface area contributed by atoms with Gasteiger partial charge in [-0.15, -0.1) is 0 Å². The van der Waals surface area contributed by atoms with Crippen molar-refractivity contribution in [1.82, 2.24) is 4.90 Å². The summed E-state index contributed by atoms with van der Waals surface area (Å²) in [7, 11) is 1.73. The topological polar surface area (TPSA) is 41.6 Å². The summed E-state index contributed by atoms with van der Waals surface area (Å²) in [6.07, 6.45) is 2.30. The van der Waals surface area contributed by atoms with E-state index in [9.17, 15) is 4.79 Å². The highest BCUT2D eigenvalue weighted by atomic mass is 35.5. The van der Waals surface area contributed by atoms with Crippen LogP contribution in [0.15, 0.2) is 24.3 Å². The third-order valence-electron chi connectivity index (χ3n) is 3.48. The Morgan fingerprint density at radius 1 is 1.55 bits per heavy atom. The van der Waals surface area contributed by atoms with Crippen molar-refractivity contribution in [3.63, 3.8) is 0 Å². The number of anilines is 1. The molecule has 0 saturated carbocycles. The molecule has 0 aliphatic carbocycles. The molecule has 1 atom stereocenters. The number of nitrogens with one attached hydrogen (secondary N) is 1. The lowest BCUT2D eigenvalue weighted by Gasteiger charge is -2.31. The monoisotopic (exact) mass is 296 g/mol. The van der Waals surface area contributed by atoms with Crippen molar-refractivity contribution < 1.29 is 9.53 Å². The van der Waals surface area contributed by atoms with E-state index in [2.05, 4.69) is 10.2 Å². The van der Waals surface area contributed by atoms with Crippen LogP contribution in [0.4, 0.5) is 5.69 Å². The Balaban J connectivity index is 1.82. The van der Waals surface area contributed by atoms with Crippen LogP contribution in [-0.2, 0) is 9.53 Å². The first-order valence-corrected chi connectivity index (χ1v) is 7.32. The molecule has 20 heavy (non-hydrogen) atoms. The highest BCUT2D eigenvalue weighted by Crippen LogP contribution is 2.17. The molecule has 0 unspecified atom stereocenters. The van der Waals surface area contributed by atoms with E-state index in [0.29, 0.717) is 17.5 Å². The van der Waals surface area contributed by atoms with Crippen LogP contribution < -0.4 is 5.32 Å². The fraction of sp³-hybridized carbons (Fsp3) is 0.533. The van der Waals surface area contributed by atoms with Crippen LogP contribution in [0.1, 0.15) is 12.8 Å². The number of piperidine rings is 1. The van der Waals surface area contributed by atoms with Crippen LogP contribution in [0, 0.1) is 5.92 Å². The predicted octanol–water partition coefficient (Wildman–Crippen LogP) is 2.64. The average molecular weight is 297 g/mol. The quantitative estimate of drug-likeness (QED) is 0.908. The van der Waals surface area contributed by atoms with Gasteiger partial charge in [-0.3, -0.25) is 9.69 Å². The number of nitrogens with zero attached hydrogens (tertiary/aromatic N) is 1. The van der Waals surface area contributed by atoms with Gasteiger partial charge in [0.2, 0.25) is 5.91 Å². The first kappa shape index (κ1) is 15.3. The summed E-state index contributed by atoms with van der Waals surface area (Å²) < 4.78 is 5.20. The first-order chi connectivity index (χ1) is 9.67. The first-order valence-electron chi connectivity index (χ1n) is 6.94. The molecular formula is C15H21ClN2O2. The fourth-order valence-corrected chi connectivity index (χ4v) is 2.83. The van der Waals surface area contributed by atoms with E-state index >= 15 is 0 Å². The second-order valence-electron chi connectivity index (χ2n) is 5.26. The third kappa shape index (κ3) is 4.78. The van der Waals surface area contributed by atoms with Crippen molar-refractivity contribution in [2.75, 3.05) is 38.7 Å². The van der Waals surface area contributed by atoms with Crippen molar-refractivity contribution in [2.24, 2.45) is 5.92 Å². The Kier molecular flexibility index (Phi) is 5.83. The van der Waals surface area contributed by atoms with E-state index in [-0.39, 0.29) is 5.91 Å². The maximum absolute atomic E-state index is 12.0. The number of carbonyl (C=O) groups excluding carboxylic acids is 1. The summed E-state index contributed by atoms with van der Waals surface area (Å²) >= 11 is 5.90. The summed E-state index contributed by atoms with van der Waals surface area (Å²) in [6, 6.07) is 7.21. The molecule has 1 fully saturated rings.